The van der Waals surface area contributed by atoms with Crippen LogP contribution in [0.15, 0.2) is 42.5 Å². The fraction of sp³-hybridized carbons (Fsp3) is 0.391. The first-order valence-electron chi connectivity index (χ1n) is 9.71. The minimum atomic E-state index is -2.33. The summed E-state index contributed by atoms with van der Waals surface area (Å²) in [5.41, 5.74) is 2.40. The second-order valence-corrected chi connectivity index (χ2v) is 7.23. The molecule has 0 amide bonds. The van der Waals surface area contributed by atoms with E-state index in [0.29, 0.717) is 24.2 Å². The molecule has 1 fully saturated rings. The van der Waals surface area contributed by atoms with Gasteiger partial charge in [0, 0.05) is 11.1 Å². The van der Waals surface area contributed by atoms with Gasteiger partial charge in [-0.2, -0.15) is 0 Å². The van der Waals surface area contributed by atoms with Gasteiger partial charge in [-0.05, 0) is 48.7 Å². The Morgan fingerprint density at radius 2 is 1.80 bits per heavy atom. The van der Waals surface area contributed by atoms with E-state index in [0.717, 1.165) is 11.3 Å². The molecule has 160 valence electrons. The molecule has 2 aromatic rings. The van der Waals surface area contributed by atoms with E-state index < -0.39 is 36.8 Å². The molecule has 0 aliphatic carbocycles. The van der Waals surface area contributed by atoms with Gasteiger partial charge in [0.1, 0.15) is 30.2 Å². The van der Waals surface area contributed by atoms with Crippen molar-refractivity contribution in [2.24, 2.45) is 0 Å². The lowest BCUT2D eigenvalue weighted by Crippen LogP contribution is -2.63. The Balaban J connectivity index is 1.94. The standard InChI is InChI=1S/C23H26O7/c1-3-15-7-8-17(23(28)22(27)21(26)20(25)19(13-24)30-23)12-16(15)11-14-5-9-18(10-6-14)29-4-2/h1,5-10,12,19-22,24-28H,4,11,13H2,2H3/t19-,20-,21+,22-,23-/m1/s1. The highest BCUT2D eigenvalue weighted by atomic mass is 16.7. The van der Waals surface area contributed by atoms with Crippen molar-refractivity contribution in [2.75, 3.05) is 13.2 Å². The Kier molecular flexibility index (Phi) is 6.78. The zero-order valence-corrected chi connectivity index (χ0v) is 16.6. The number of benzene rings is 2. The molecule has 30 heavy (non-hydrogen) atoms. The van der Waals surface area contributed by atoms with Crippen molar-refractivity contribution in [1.82, 2.24) is 0 Å². The molecule has 7 nitrogen and oxygen atoms in total. The molecule has 0 radical (unpaired) electrons. The lowest BCUT2D eigenvalue weighted by molar-refractivity contribution is -0.357. The Bertz CT molecular complexity index is 903. The van der Waals surface area contributed by atoms with Gasteiger partial charge in [0.05, 0.1) is 13.2 Å². The molecule has 1 heterocycles. The van der Waals surface area contributed by atoms with Gasteiger partial charge >= 0.3 is 0 Å². The van der Waals surface area contributed by atoms with Gasteiger partial charge in [0.2, 0.25) is 5.79 Å². The highest BCUT2D eigenvalue weighted by Crippen LogP contribution is 2.37. The van der Waals surface area contributed by atoms with Gasteiger partial charge in [-0.1, -0.05) is 24.1 Å². The molecule has 1 saturated heterocycles. The summed E-state index contributed by atoms with van der Waals surface area (Å²) >= 11 is 0. The van der Waals surface area contributed by atoms with Crippen molar-refractivity contribution in [1.29, 1.82) is 0 Å². The van der Waals surface area contributed by atoms with Crippen LogP contribution in [0.3, 0.4) is 0 Å². The van der Waals surface area contributed by atoms with Crippen molar-refractivity contribution in [3.63, 3.8) is 0 Å². The molecule has 1 aliphatic heterocycles. The van der Waals surface area contributed by atoms with E-state index in [1.807, 2.05) is 31.2 Å². The van der Waals surface area contributed by atoms with E-state index in [1.165, 1.54) is 6.07 Å². The predicted molar refractivity (Wildman–Crippen MR) is 109 cm³/mol. The maximum Gasteiger partial charge on any atom is 0.222 e. The molecule has 1 aliphatic rings. The number of ether oxygens (including phenoxy) is 2. The van der Waals surface area contributed by atoms with Gasteiger partial charge in [-0.15, -0.1) is 6.42 Å². The second-order valence-electron chi connectivity index (χ2n) is 7.23. The van der Waals surface area contributed by atoms with E-state index in [4.69, 9.17) is 15.9 Å². The number of rotatable bonds is 6. The number of aliphatic hydroxyl groups excluding tert-OH is 4. The van der Waals surface area contributed by atoms with E-state index >= 15 is 0 Å². The van der Waals surface area contributed by atoms with Crippen LogP contribution in [0.2, 0.25) is 0 Å². The molecule has 3 rings (SSSR count). The molecule has 5 N–H and O–H groups in total. The third-order valence-electron chi connectivity index (χ3n) is 5.27. The first-order chi connectivity index (χ1) is 14.3. The van der Waals surface area contributed by atoms with E-state index in [-0.39, 0.29) is 5.56 Å². The summed E-state index contributed by atoms with van der Waals surface area (Å²) in [6, 6.07) is 12.2. The topological polar surface area (TPSA) is 120 Å². The van der Waals surface area contributed by atoms with Crippen molar-refractivity contribution in [3.8, 4) is 18.1 Å². The number of aliphatic hydroxyl groups is 5. The van der Waals surface area contributed by atoms with E-state index in [9.17, 15) is 25.5 Å². The van der Waals surface area contributed by atoms with Crippen LogP contribution in [0.5, 0.6) is 5.75 Å². The average Bonchev–Trinajstić information content (AvgIpc) is 2.76. The number of terminal acetylenes is 1. The Morgan fingerprint density at radius 3 is 2.40 bits per heavy atom. The van der Waals surface area contributed by atoms with Crippen LogP contribution < -0.4 is 4.74 Å². The fourth-order valence-corrected chi connectivity index (χ4v) is 3.59. The van der Waals surface area contributed by atoms with Gasteiger partial charge in [-0.3, -0.25) is 0 Å². The maximum atomic E-state index is 11.0. The molecule has 0 aromatic heterocycles. The summed E-state index contributed by atoms with van der Waals surface area (Å²) in [5.74, 6) is 1.02. The fourth-order valence-electron chi connectivity index (χ4n) is 3.59. The van der Waals surface area contributed by atoms with Crippen molar-refractivity contribution in [2.45, 2.75) is 43.5 Å². The van der Waals surface area contributed by atoms with Crippen LogP contribution in [0, 0.1) is 12.3 Å². The summed E-state index contributed by atoms with van der Waals surface area (Å²) in [7, 11) is 0. The third kappa shape index (κ3) is 4.20. The van der Waals surface area contributed by atoms with Crippen LogP contribution in [-0.4, -0.2) is 63.2 Å². The second kappa shape index (κ2) is 9.14. The SMILES string of the molecule is C#Cc1ccc([C@@]2(O)O[C@H](CO)[C@@H](O)[C@H](O)[C@H]2O)cc1Cc1ccc(OCC)cc1. The zero-order chi connectivity index (χ0) is 21.9. The first kappa shape index (κ1) is 22.2. The Labute approximate surface area is 175 Å². The summed E-state index contributed by atoms with van der Waals surface area (Å²) < 4.78 is 10.8. The summed E-state index contributed by atoms with van der Waals surface area (Å²) in [5, 5.41) is 50.9. The summed E-state index contributed by atoms with van der Waals surface area (Å²) in [6.45, 7) is 1.83. The number of hydrogen-bond donors (Lipinski definition) is 5. The third-order valence-corrected chi connectivity index (χ3v) is 5.27. The molecule has 5 atom stereocenters. The van der Waals surface area contributed by atoms with Crippen LogP contribution in [0.4, 0.5) is 0 Å². The molecule has 0 bridgehead atoms. The van der Waals surface area contributed by atoms with Crippen molar-refractivity contribution in [3.05, 3.63) is 64.7 Å². The van der Waals surface area contributed by atoms with Crippen LogP contribution in [-0.2, 0) is 16.9 Å². The van der Waals surface area contributed by atoms with Crippen LogP contribution in [0.25, 0.3) is 0 Å². The molecule has 7 heteroatoms. The minimum Gasteiger partial charge on any atom is -0.494 e. The largest absolute Gasteiger partial charge is 0.494 e. The lowest BCUT2D eigenvalue weighted by atomic mass is 9.86. The molecular weight excluding hydrogens is 388 g/mol. The zero-order valence-electron chi connectivity index (χ0n) is 16.6. The van der Waals surface area contributed by atoms with Gasteiger partial charge in [0.15, 0.2) is 0 Å². The smallest absolute Gasteiger partial charge is 0.222 e. The first-order valence-corrected chi connectivity index (χ1v) is 9.71. The van der Waals surface area contributed by atoms with Gasteiger partial charge in [0.25, 0.3) is 0 Å². The highest BCUT2D eigenvalue weighted by molar-refractivity contribution is 5.46. The Morgan fingerprint density at radius 1 is 1.10 bits per heavy atom. The Hall–Kier alpha value is -2.44. The van der Waals surface area contributed by atoms with Crippen molar-refractivity contribution < 1.29 is 35.0 Å². The minimum absolute atomic E-state index is 0.152. The number of hydrogen-bond acceptors (Lipinski definition) is 7. The highest BCUT2D eigenvalue weighted by Gasteiger charge is 2.53. The van der Waals surface area contributed by atoms with Crippen LogP contribution >= 0.6 is 0 Å². The normalized spacial score (nSPS) is 28.7. The predicted octanol–water partition coefficient (Wildman–Crippen LogP) is 0.276. The molecule has 2 aromatic carbocycles. The quantitative estimate of drug-likeness (QED) is 0.431. The van der Waals surface area contributed by atoms with Crippen LogP contribution in [0.1, 0.15) is 29.2 Å². The summed E-state index contributed by atoms with van der Waals surface area (Å²) in [6.07, 6.45) is -0.279. The molecular formula is C23H26O7. The lowest BCUT2D eigenvalue weighted by Gasteiger charge is -2.45. The van der Waals surface area contributed by atoms with E-state index in [1.54, 1.807) is 12.1 Å². The van der Waals surface area contributed by atoms with Gasteiger partial charge in [-0.25, -0.2) is 0 Å². The molecule has 0 saturated carbocycles. The average molecular weight is 414 g/mol. The van der Waals surface area contributed by atoms with E-state index in [2.05, 4.69) is 5.92 Å². The van der Waals surface area contributed by atoms with Crippen molar-refractivity contribution >= 4 is 0 Å². The summed E-state index contributed by atoms with van der Waals surface area (Å²) in [4.78, 5) is 0. The molecule has 0 spiro atoms. The van der Waals surface area contributed by atoms with Gasteiger partial charge < -0.3 is 35.0 Å². The monoisotopic (exact) mass is 414 g/mol. The molecule has 0 unspecified atom stereocenters. The maximum absolute atomic E-state index is 11.0.